The maximum atomic E-state index is 2.40. The van der Waals surface area contributed by atoms with Crippen LogP contribution in [0.3, 0.4) is 0 Å². The number of rotatable bonds is 5. The molecule has 0 amide bonds. The summed E-state index contributed by atoms with van der Waals surface area (Å²) in [5.74, 6) is 2.31. The first-order valence-corrected chi connectivity index (χ1v) is 10.6. The zero-order chi connectivity index (χ0) is 12.9. The Morgan fingerprint density at radius 2 is 1.32 bits per heavy atom. The van der Waals surface area contributed by atoms with Crippen molar-refractivity contribution in [3.63, 3.8) is 0 Å². The fourth-order valence-corrected chi connectivity index (χ4v) is 11.5. The molecule has 0 atom stereocenters. The quantitative estimate of drug-likeness (QED) is 0.546. The highest BCUT2D eigenvalue weighted by Crippen LogP contribution is 2.77. The summed E-state index contributed by atoms with van der Waals surface area (Å²) in [5, 5.41) is 1.79. The highest BCUT2D eigenvalue weighted by Gasteiger charge is 2.58. The van der Waals surface area contributed by atoms with Gasteiger partial charge in [-0.2, -0.15) is 0 Å². The fourth-order valence-electron chi connectivity index (χ4n) is 6.37. The van der Waals surface area contributed by atoms with E-state index in [2.05, 4.69) is 6.92 Å². The standard InChI is InChI=1S/C18H31P/c1-2-3-12-19(17-8-4-15(13-17)5-9-17)18-10-6-16(14-18)7-11-18/h15-16H,2-14H2,1H3. The third-order valence-electron chi connectivity index (χ3n) is 7.29. The Hall–Kier alpha value is 0.430. The minimum Gasteiger partial charge on any atom is -0.0939 e. The van der Waals surface area contributed by atoms with Crippen LogP contribution in [0.5, 0.6) is 0 Å². The van der Waals surface area contributed by atoms with Crippen LogP contribution in [0, 0.1) is 11.8 Å². The summed E-state index contributed by atoms with van der Waals surface area (Å²) in [6.07, 6.45) is 20.9. The van der Waals surface area contributed by atoms with Crippen molar-refractivity contribution in [2.75, 3.05) is 6.16 Å². The molecule has 4 aliphatic rings. The first-order valence-electron chi connectivity index (χ1n) is 9.04. The Morgan fingerprint density at radius 3 is 1.63 bits per heavy atom. The van der Waals surface area contributed by atoms with E-state index in [4.69, 9.17) is 0 Å². The molecule has 0 spiro atoms. The largest absolute Gasteiger partial charge is 0.0939 e. The van der Waals surface area contributed by atoms with Gasteiger partial charge >= 0.3 is 0 Å². The minimum atomic E-state index is 0.346. The van der Waals surface area contributed by atoms with E-state index in [1.54, 1.807) is 70.4 Å². The SMILES string of the molecule is CCCCP(C12CCC(CC1)C2)C12CCC(CC1)C2. The smallest absolute Gasteiger partial charge is 0.00866 e. The summed E-state index contributed by atoms with van der Waals surface area (Å²) in [5.41, 5.74) is 0. The molecule has 4 rings (SSSR count). The van der Waals surface area contributed by atoms with E-state index in [1.807, 2.05) is 0 Å². The van der Waals surface area contributed by atoms with Crippen molar-refractivity contribution in [3.8, 4) is 0 Å². The van der Waals surface area contributed by atoms with Crippen molar-refractivity contribution >= 4 is 7.92 Å². The third kappa shape index (κ3) is 1.96. The summed E-state index contributed by atoms with van der Waals surface area (Å²) < 4.78 is 0. The molecule has 19 heavy (non-hydrogen) atoms. The van der Waals surface area contributed by atoms with Gasteiger partial charge in [0.05, 0.1) is 0 Å². The maximum Gasteiger partial charge on any atom is -0.00866 e. The first kappa shape index (κ1) is 13.1. The zero-order valence-electron chi connectivity index (χ0n) is 12.8. The molecule has 0 N–H and O–H groups in total. The van der Waals surface area contributed by atoms with E-state index in [9.17, 15) is 0 Å². The van der Waals surface area contributed by atoms with Crippen molar-refractivity contribution in [2.45, 2.75) is 94.3 Å². The van der Waals surface area contributed by atoms with Gasteiger partial charge in [0.25, 0.3) is 0 Å². The maximum absolute atomic E-state index is 2.40. The summed E-state index contributed by atoms with van der Waals surface area (Å²) in [4.78, 5) is 0. The second-order valence-electron chi connectivity index (χ2n) is 8.25. The van der Waals surface area contributed by atoms with Crippen molar-refractivity contribution in [3.05, 3.63) is 0 Å². The van der Waals surface area contributed by atoms with Crippen LogP contribution in [0.4, 0.5) is 0 Å². The molecular weight excluding hydrogens is 247 g/mol. The van der Waals surface area contributed by atoms with Gasteiger partial charge in [-0.1, -0.05) is 21.3 Å². The number of unbranched alkanes of at least 4 members (excludes halogenated alkanes) is 1. The Labute approximate surface area is 120 Å². The molecular formula is C18H31P. The van der Waals surface area contributed by atoms with Crippen LogP contribution in [0.25, 0.3) is 0 Å². The van der Waals surface area contributed by atoms with Crippen molar-refractivity contribution in [1.82, 2.24) is 0 Å². The summed E-state index contributed by atoms with van der Waals surface area (Å²) in [6.45, 7) is 2.40. The Balaban J connectivity index is 1.61. The van der Waals surface area contributed by atoms with Gasteiger partial charge in [0.15, 0.2) is 0 Å². The zero-order valence-corrected chi connectivity index (χ0v) is 13.7. The average molecular weight is 278 g/mol. The van der Waals surface area contributed by atoms with Crippen LogP contribution in [-0.2, 0) is 0 Å². The van der Waals surface area contributed by atoms with E-state index >= 15 is 0 Å². The van der Waals surface area contributed by atoms with Crippen LogP contribution in [0.1, 0.15) is 84.0 Å². The predicted octanol–water partition coefficient (Wildman–Crippen LogP) is 5.93. The topological polar surface area (TPSA) is 0 Å². The van der Waals surface area contributed by atoms with Gasteiger partial charge < -0.3 is 0 Å². The first-order chi connectivity index (χ1) is 9.26. The summed E-state index contributed by atoms with van der Waals surface area (Å²) in [6, 6.07) is 0. The second kappa shape index (κ2) is 4.72. The number of hydrogen-bond donors (Lipinski definition) is 0. The third-order valence-corrected chi connectivity index (χ3v) is 11.6. The molecule has 0 aliphatic heterocycles. The van der Waals surface area contributed by atoms with Gasteiger partial charge in [0.2, 0.25) is 0 Å². The van der Waals surface area contributed by atoms with Crippen LogP contribution >= 0.6 is 7.92 Å². The number of hydrogen-bond acceptors (Lipinski definition) is 0. The lowest BCUT2D eigenvalue weighted by Gasteiger charge is -2.48. The molecule has 0 aromatic rings. The molecule has 0 nitrogen and oxygen atoms in total. The van der Waals surface area contributed by atoms with Crippen LogP contribution in [0.15, 0.2) is 0 Å². The fraction of sp³-hybridized carbons (Fsp3) is 1.00. The molecule has 0 aromatic carbocycles. The van der Waals surface area contributed by atoms with Crippen LogP contribution in [-0.4, -0.2) is 16.5 Å². The van der Waals surface area contributed by atoms with Gasteiger partial charge in [-0.05, 0) is 98.9 Å². The molecule has 4 aliphatic carbocycles. The lowest BCUT2D eigenvalue weighted by atomic mass is 9.99. The summed E-state index contributed by atoms with van der Waals surface area (Å²) in [7, 11) is 0.346. The van der Waals surface area contributed by atoms with Gasteiger partial charge in [0, 0.05) is 0 Å². The predicted molar refractivity (Wildman–Crippen MR) is 85.3 cm³/mol. The van der Waals surface area contributed by atoms with E-state index in [-0.39, 0.29) is 0 Å². The molecule has 0 aromatic heterocycles. The molecule has 1 heteroatoms. The molecule has 108 valence electrons. The van der Waals surface area contributed by atoms with Crippen LogP contribution in [0.2, 0.25) is 0 Å². The van der Waals surface area contributed by atoms with E-state index in [0.29, 0.717) is 7.92 Å². The molecule has 0 heterocycles. The minimum absolute atomic E-state index is 0.346. The second-order valence-corrected chi connectivity index (χ2v) is 11.4. The molecule has 0 radical (unpaired) electrons. The normalized spacial score (nSPS) is 49.1. The Bertz CT molecular complexity index is 302. The van der Waals surface area contributed by atoms with Crippen molar-refractivity contribution in [1.29, 1.82) is 0 Å². The molecule has 0 saturated heterocycles. The van der Waals surface area contributed by atoms with Gasteiger partial charge in [-0.25, -0.2) is 0 Å². The molecule has 4 saturated carbocycles. The lowest BCUT2D eigenvalue weighted by Crippen LogP contribution is -2.34. The van der Waals surface area contributed by atoms with Crippen molar-refractivity contribution in [2.24, 2.45) is 11.8 Å². The molecule has 0 unspecified atom stereocenters. The average Bonchev–Trinajstić information content (AvgIpc) is 3.19. The van der Waals surface area contributed by atoms with Gasteiger partial charge in [0.1, 0.15) is 0 Å². The van der Waals surface area contributed by atoms with E-state index in [0.717, 1.165) is 22.1 Å². The Kier molecular flexibility index (Phi) is 3.26. The highest BCUT2D eigenvalue weighted by molar-refractivity contribution is 7.61. The van der Waals surface area contributed by atoms with E-state index in [1.165, 1.54) is 12.8 Å². The van der Waals surface area contributed by atoms with E-state index < -0.39 is 0 Å². The Morgan fingerprint density at radius 1 is 0.842 bits per heavy atom. The number of fused-ring (bicyclic) bond motifs is 4. The molecule has 4 fully saturated rings. The van der Waals surface area contributed by atoms with Crippen LogP contribution < -0.4 is 0 Å². The lowest BCUT2D eigenvalue weighted by molar-refractivity contribution is 0.472. The van der Waals surface area contributed by atoms with Gasteiger partial charge in [-0.3, -0.25) is 0 Å². The summed E-state index contributed by atoms with van der Waals surface area (Å²) >= 11 is 0. The monoisotopic (exact) mass is 278 g/mol. The highest BCUT2D eigenvalue weighted by atomic mass is 31.1. The van der Waals surface area contributed by atoms with Crippen molar-refractivity contribution < 1.29 is 0 Å². The van der Waals surface area contributed by atoms with Gasteiger partial charge in [-0.15, -0.1) is 0 Å². The molecule has 4 bridgehead atoms.